The number of halogens is 6. The van der Waals surface area contributed by atoms with Gasteiger partial charge in [-0.05, 0) is 38.0 Å². The number of allylic oxidation sites excluding steroid dienone is 2. The summed E-state index contributed by atoms with van der Waals surface area (Å²) in [5.41, 5.74) is -6.28. The maximum atomic E-state index is 12.9. The zero-order valence-corrected chi connectivity index (χ0v) is 13.0. The first-order chi connectivity index (χ1) is 10.8. The second-order valence-corrected chi connectivity index (χ2v) is 6.67. The fourth-order valence-electron chi connectivity index (χ4n) is 3.58. The summed E-state index contributed by atoms with van der Waals surface area (Å²) in [6.07, 6.45) is -11.1. The molecular formula is C15H18F6O3. The maximum absolute atomic E-state index is 12.9. The summed E-state index contributed by atoms with van der Waals surface area (Å²) in [6, 6.07) is 0. The van der Waals surface area contributed by atoms with Crippen LogP contribution in [0.4, 0.5) is 26.3 Å². The van der Waals surface area contributed by atoms with E-state index in [-0.39, 0.29) is 11.8 Å². The van der Waals surface area contributed by atoms with Gasteiger partial charge in [-0.1, -0.05) is 19.1 Å². The fourth-order valence-corrected chi connectivity index (χ4v) is 3.58. The average Bonchev–Trinajstić information content (AvgIpc) is 3.01. The van der Waals surface area contributed by atoms with Crippen LogP contribution in [0, 0.1) is 17.3 Å². The lowest BCUT2D eigenvalue weighted by Gasteiger charge is -2.39. The number of hydrogen-bond acceptors (Lipinski definition) is 3. The molecule has 138 valence electrons. The third-order valence-electron chi connectivity index (χ3n) is 5.09. The van der Waals surface area contributed by atoms with Crippen molar-refractivity contribution in [3.05, 3.63) is 12.2 Å². The summed E-state index contributed by atoms with van der Waals surface area (Å²) in [7, 11) is 0. The summed E-state index contributed by atoms with van der Waals surface area (Å²) in [5.74, 6) is -1.35. The smallest absolute Gasteiger partial charge is 0.430 e. The number of rotatable bonds is 4. The topological polar surface area (TPSA) is 46.5 Å². The number of esters is 1. The minimum Gasteiger partial charge on any atom is -0.458 e. The normalized spacial score (nSPS) is 31.4. The third-order valence-corrected chi connectivity index (χ3v) is 5.09. The molecule has 0 saturated heterocycles. The van der Waals surface area contributed by atoms with E-state index in [0.717, 1.165) is 6.92 Å². The van der Waals surface area contributed by atoms with Crippen molar-refractivity contribution in [2.24, 2.45) is 17.3 Å². The lowest BCUT2D eigenvalue weighted by Crippen LogP contribution is -2.65. The van der Waals surface area contributed by atoms with Crippen molar-refractivity contribution in [3.63, 3.8) is 0 Å². The van der Waals surface area contributed by atoms with E-state index in [9.17, 15) is 36.2 Å². The van der Waals surface area contributed by atoms with E-state index in [0.29, 0.717) is 12.8 Å². The van der Waals surface area contributed by atoms with E-state index in [2.05, 4.69) is 4.74 Å². The number of carbonyl (C=O) groups excluding carboxylic acids is 1. The van der Waals surface area contributed by atoms with Gasteiger partial charge in [0.05, 0.1) is 5.41 Å². The highest BCUT2D eigenvalue weighted by molar-refractivity contribution is 5.78. The summed E-state index contributed by atoms with van der Waals surface area (Å²) >= 11 is 0. The summed E-state index contributed by atoms with van der Waals surface area (Å²) < 4.78 is 82.2. The van der Waals surface area contributed by atoms with Crippen LogP contribution in [0.5, 0.6) is 0 Å². The molecule has 0 amide bonds. The quantitative estimate of drug-likeness (QED) is 0.472. The minimum absolute atomic E-state index is 0.0664. The Morgan fingerprint density at radius 1 is 1.25 bits per heavy atom. The molecule has 9 heteroatoms. The minimum atomic E-state index is -6.03. The van der Waals surface area contributed by atoms with Crippen LogP contribution in [0.15, 0.2) is 12.2 Å². The molecule has 2 aliphatic rings. The van der Waals surface area contributed by atoms with E-state index in [4.69, 9.17) is 0 Å². The lowest BCUT2D eigenvalue weighted by molar-refractivity contribution is -0.391. The standard InChI is InChI=1S/C15H18F6O3/c1-3-10(13(23,14(16,17)18)15(19,20)21)24-11(22)12(2)7-8-4-5-9(12)6-8/h4-5,8-10,23H,3,6-7H2,1-2H3. The van der Waals surface area contributed by atoms with E-state index in [1.165, 1.54) is 6.92 Å². The number of carbonyl (C=O) groups is 1. The van der Waals surface area contributed by atoms with Crippen LogP contribution in [0.2, 0.25) is 0 Å². The van der Waals surface area contributed by atoms with E-state index in [1.54, 1.807) is 6.08 Å². The van der Waals surface area contributed by atoms with E-state index in [1.807, 2.05) is 6.08 Å². The van der Waals surface area contributed by atoms with Crippen LogP contribution in [-0.4, -0.2) is 35.1 Å². The van der Waals surface area contributed by atoms with Gasteiger partial charge < -0.3 is 9.84 Å². The molecule has 1 saturated carbocycles. The molecule has 2 bridgehead atoms. The molecular weight excluding hydrogens is 342 g/mol. The molecule has 1 N–H and O–H groups in total. The number of alkyl halides is 6. The first-order valence-electron chi connectivity index (χ1n) is 7.52. The van der Waals surface area contributed by atoms with Gasteiger partial charge >= 0.3 is 18.3 Å². The molecule has 4 unspecified atom stereocenters. The van der Waals surface area contributed by atoms with Gasteiger partial charge in [-0.2, -0.15) is 26.3 Å². The van der Waals surface area contributed by atoms with Gasteiger partial charge in [-0.3, -0.25) is 4.79 Å². The molecule has 0 aromatic carbocycles. The van der Waals surface area contributed by atoms with Crippen molar-refractivity contribution in [3.8, 4) is 0 Å². The Bertz CT molecular complexity index is 524. The van der Waals surface area contributed by atoms with Gasteiger partial charge in [0.1, 0.15) is 6.10 Å². The van der Waals surface area contributed by atoms with Crippen molar-refractivity contribution in [1.29, 1.82) is 0 Å². The second kappa shape index (κ2) is 5.64. The SMILES string of the molecule is CCC(OC(=O)C1(C)CC2C=CC1C2)C(O)(C(F)(F)F)C(F)(F)F. The lowest BCUT2D eigenvalue weighted by atomic mass is 9.77. The largest absolute Gasteiger partial charge is 0.458 e. The highest BCUT2D eigenvalue weighted by atomic mass is 19.4. The number of hydrogen-bond donors (Lipinski definition) is 1. The number of ether oxygens (including phenoxy) is 1. The summed E-state index contributed by atoms with van der Waals surface area (Å²) in [5, 5.41) is 9.41. The highest BCUT2D eigenvalue weighted by Crippen LogP contribution is 2.53. The first kappa shape index (κ1) is 19.1. The van der Waals surface area contributed by atoms with Gasteiger partial charge in [0.25, 0.3) is 5.60 Å². The number of aliphatic hydroxyl groups is 1. The predicted molar refractivity (Wildman–Crippen MR) is 70.7 cm³/mol. The molecule has 1 fully saturated rings. The Morgan fingerprint density at radius 3 is 2.12 bits per heavy atom. The molecule has 0 aromatic heterocycles. The highest BCUT2D eigenvalue weighted by Gasteiger charge is 2.75. The Balaban J connectivity index is 2.28. The van der Waals surface area contributed by atoms with Crippen molar-refractivity contribution in [2.75, 3.05) is 0 Å². The Morgan fingerprint density at radius 2 is 1.79 bits per heavy atom. The van der Waals surface area contributed by atoms with Crippen LogP contribution in [0.25, 0.3) is 0 Å². The van der Waals surface area contributed by atoms with Crippen molar-refractivity contribution in [1.82, 2.24) is 0 Å². The molecule has 2 aliphatic carbocycles. The van der Waals surface area contributed by atoms with Crippen LogP contribution in [0.1, 0.15) is 33.1 Å². The Hall–Kier alpha value is -1.25. The Labute approximate surface area is 134 Å². The van der Waals surface area contributed by atoms with Crippen LogP contribution in [0.3, 0.4) is 0 Å². The molecule has 3 nitrogen and oxygen atoms in total. The molecule has 24 heavy (non-hydrogen) atoms. The van der Waals surface area contributed by atoms with Crippen molar-refractivity contribution in [2.45, 2.75) is 57.2 Å². The van der Waals surface area contributed by atoms with Gasteiger partial charge in [-0.15, -0.1) is 0 Å². The fraction of sp³-hybridized carbons (Fsp3) is 0.800. The molecule has 2 rings (SSSR count). The first-order valence-corrected chi connectivity index (χ1v) is 7.52. The third kappa shape index (κ3) is 2.70. The average molecular weight is 360 g/mol. The maximum Gasteiger partial charge on any atom is 0.430 e. The molecule has 0 aliphatic heterocycles. The molecule has 0 aromatic rings. The van der Waals surface area contributed by atoms with Gasteiger partial charge in [0, 0.05) is 0 Å². The molecule has 0 heterocycles. The predicted octanol–water partition coefficient (Wildman–Crippen LogP) is 3.77. The van der Waals surface area contributed by atoms with Gasteiger partial charge in [0.15, 0.2) is 0 Å². The van der Waals surface area contributed by atoms with Crippen LogP contribution in [-0.2, 0) is 9.53 Å². The van der Waals surface area contributed by atoms with Crippen molar-refractivity contribution >= 4 is 5.97 Å². The van der Waals surface area contributed by atoms with Gasteiger partial charge in [-0.25, -0.2) is 0 Å². The van der Waals surface area contributed by atoms with Crippen LogP contribution < -0.4 is 0 Å². The van der Waals surface area contributed by atoms with E-state index >= 15 is 0 Å². The van der Waals surface area contributed by atoms with Gasteiger partial charge in [0.2, 0.25) is 0 Å². The Kier molecular flexibility index (Phi) is 4.48. The molecule has 0 radical (unpaired) electrons. The zero-order valence-electron chi connectivity index (χ0n) is 13.0. The number of fused-ring (bicyclic) bond motifs is 2. The summed E-state index contributed by atoms with van der Waals surface area (Å²) in [6.45, 7) is 2.46. The summed E-state index contributed by atoms with van der Waals surface area (Å²) in [4.78, 5) is 12.3. The zero-order chi connectivity index (χ0) is 18.6. The van der Waals surface area contributed by atoms with E-state index < -0.39 is 41.9 Å². The molecule has 0 spiro atoms. The van der Waals surface area contributed by atoms with Crippen molar-refractivity contribution < 1.29 is 41.0 Å². The second-order valence-electron chi connectivity index (χ2n) is 6.67. The van der Waals surface area contributed by atoms with Crippen LogP contribution >= 0.6 is 0 Å². The monoisotopic (exact) mass is 360 g/mol. The molecule has 4 atom stereocenters.